The Morgan fingerprint density at radius 1 is 1.47 bits per heavy atom. The number of carbonyl (C=O) groups excluding carboxylic acids is 3. The van der Waals surface area contributed by atoms with Gasteiger partial charge in [0, 0.05) is 18.3 Å². The van der Waals surface area contributed by atoms with Crippen LogP contribution < -0.4 is 15.1 Å². The van der Waals surface area contributed by atoms with E-state index in [1.807, 2.05) is 6.92 Å². The van der Waals surface area contributed by atoms with Crippen LogP contribution in [0, 0.1) is 0 Å². The monoisotopic (exact) mass is 454 g/mol. The molecule has 1 unspecified atom stereocenters. The highest BCUT2D eigenvalue weighted by atomic mass is 32.2. The van der Waals surface area contributed by atoms with Crippen molar-refractivity contribution in [2.75, 3.05) is 19.0 Å². The Bertz CT molecular complexity index is 966. The van der Waals surface area contributed by atoms with E-state index in [1.165, 1.54) is 30.1 Å². The molecule has 1 N–H and O–H groups in total. The van der Waals surface area contributed by atoms with Crippen molar-refractivity contribution in [3.63, 3.8) is 0 Å². The van der Waals surface area contributed by atoms with Gasteiger partial charge in [-0.15, -0.1) is 11.3 Å². The van der Waals surface area contributed by atoms with Crippen molar-refractivity contribution >= 4 is 45.9 Å². The molecule has 2 amide bonds. The summed E-state index contributed by atoms with van der Waals surface area (Å²) in [6.07, 6.45) is 0.950. The summed E-state index contributed by atoms with van der Waals surface area (Å²) in [6, 6.07) is 0. The van der Waals surface area contributed by atoms with Gasteiger partial charge < -0.3 is 24.6 Å². The second kappa shape index (κ2) is 9.04. The Kier molecular flexibility index (Phi) is 6.66. The van der Waals surface area contributed by atoms with Crippen LogP contribution >= 0.6 is 23.1 Å². The number of thioether (sulfide) groups is 1. The molecule has 1 aliphatic rings. The number of nitrogens with one attached hydrogen (secondary N) is 1. The third kappa shape index (κ3) is 4.29. The smallest absolute Gasteiger partial charge is 0.341 e. The second-order valence-corrected chi connectivity index (χ2v) is 8.98. The number of esters is 1. The fourth-order valence-electron chi connectivity index (χ4n) is 3.16. The van der Waals surface area contributed by atoms with E-state index in [0.29, 0.717) is 36.5 Å². The molecule has 2 aromatic heterocycles. The first-order valence-electron chi connectivity index (χ1n) is 9.25. The summed E-state index contributed by atoms with van der Waals surface area (Å²) >= 11 is 2.32. The van der Waals surface area contributed by atoms with Crippen molar-refractivity contribution in [3.05, 3.63) is 16.0 Å². The lowest BCUT2D eigenvalue weighted by molar-refractivity contribution is -0.772. The standard InChI is InChI=1S/C18H22N4O6S2/c1-5-11(30-16-18(26)28-20-21(16)3)14(24)19-15-13(17(25)27-4)10-6-7-22(9(2)23)8-12(10)29-15/h11H,5-8H2,1-4H3,(H-,19,20,24,25,26). The maximum atomic E-state index is 12.9. The van der Waals surface area contributed by atoms with Crippen LogP contribution in [0.5, 0.6) is 5.95 Å². The molecular weight excluding hydrogens is 432 g/mol. The molecule has 2 aromatic rings. The molecule has 0 spiro atoms. The topological polar surface area (TPSA) is 129 Å². The van der Waals surface area contributed by atoms with Crippen molar-refractivity contribution in [2.45, 2.75) is 43.5 Å². The Morgan fingerprint density at radius 3 is 2.77 bits per heavy atom. The van der Waals surface area contributed by atoms with Gasteiger partial charge in [0.2, 0.25) is 11.8 Å². The number of thiophene rings is 1. The number of rotatable bonds is 6. The van der Waals surface area contributed by atoms with Gasteiger partial charge in [-0.25, -0.2) is 4.79 Å². The van der Waals surface area contributed by atoms with Crippen LogP contribution in [0.4, 0.5) is 5.00 Å². The lowest BCUT2D eigenvalue weighted by atomic mass is 10.0. The SMILES string of the molecule is CCC(Sc1c([O-])on[n+]1C)C(=O)Nc1sc2c(c1C(=O)OC)CCN(C(C)=O)C2. The summed E-state index contributed by atoms with van der Waals surface area (Å²) in [7, 11) is 2.84. The molecule has 10 nitrogen and oxygen atoms in total. The number of fused-ring (bicyclic) bond motifs is 1. The van der Waals surface area contributed by atoms with Gasteiger partial charge in [0.05, 0.1) is 29.7 Å². The minimum Gasteiger partial charge on any atom is -0.538 e. The van der Waals surface area contributed by atoms with Gasteiger partial charge in [-0.1, -0.05) is 11.6 Å². The zero-order valence-electron chi connectivity index (χ0n) is 17.0. The van der Waals surface area contributed by atoms with E-state index in [4.69, 9.17) is 4.74 Å². The maximum Gasteiger partial charge on any atom is 0.341 e. The molecule has 0 radical (unpaired) electrons. The number of nitrogens with zero attached hydrogens (tertiary/aromatic N) is 3. The van der Waals surface area contributed by atoms with Gasteiger partial charge >= 0.3 is 5.97 Å². The Hall–Kier alpha value is -2.60. The van der Waals surface area contributed by atoms with Crippen molar-refractivity contribution in [2.24, 2.45) is 7.05 Å². The molecule has 0 aromatic carbocycles. The van der Waals surface area contributed by atoms with Crippen LogP contribution in [0.25, 0.3) is 0 Å². The van der Waals surface area contributed by atoms with Crippen LogP contribution in [0.3, 0.4) is 0 Å². The van der Waals surface area contributed by atoms with Gasteiger partial charge in [-0.3, -0.25) is 9.59 Å². The summed E-state index contributed by atoms with van der Waals surface area (Å²) in [5.41, 5.74) is 1.13. The minimum atomic E-state index is -0.611. The molecule has 0 saturated heterocycles. The summed E-state index contributed by atoms with van der Waals surface area (Å²) in [5, 5.41) is 18.2. The highest BCUT2D eigenvalue weighted by molar-refractivity contribution is 8.00. The van der Waals surface area contributed by atoms with E-state index in [-0.39, 0.29) is 16.8 Å². The number of carbonyl (C=O) groups is 3. The zero-order valence-corrected chi connectivity index (χ0v) is 18.6. The first-order valence-corrected chi connectivity index (χ1v) is 10.9. The van der Waals surface area contributed by atoms with E-state index < -0.39 is 17.2 Å². The van der Waals surface area contributed by atoms with Crippen molar-refractivity contribution in [1.29, 1.82) is 0 Å². The van der Waals surface area contributed by atoms with Gasteiger partial charge in [-0.2, -0.15) is 0 Å². The fraction of sp³-hybridized carbons (Fsp3) is 0.500. The van der Waals surface area contributed by atoms with Crippen LogP contribution in [-0.2, 0) is 34.3 Å². The Morgan fingerprint density at radius 2 is 2.20 bits per heavy atom. The number of hydrogen-bond donors (Lipinski definition) is 1. The molecule has 12 heteroatoms. The zero-order chi connectivity index (χ0) is 22.0. The van der Waals surface area contributed by atoms with Crippen LogP contribution in [-0.4, -0.2) is 46.9 Å². The van der Waals surface area contributed by atoms with E-state index in [2.05, 4.69) is 15.1 Å². The fourth-order valence-corrected chi connectivity index (χ4v) is 5.33. The van der Waals surface area contributed by atoms with E-state index in [0.717, 1.165) is 22.2 Å². The highest BCUT2D eigenvalue weighted by Gasteiger charge is 2.32. The van der Waals surface area contributed by atoms with Crippen molar-refractivity contribution < 1.29 is 33.4 Å². The quantitative estimate of drug-likeness (QED) is 0.386. The second-order valence-electron chi connectivity index (χ2n) is 6.68. The summed E-state index contributed by atoms with van der Waals surface area (Å²) in [4.78, 5) is 39.6. The average molecular weight is 455 g/mol. The number of anilines is 1. The summed E-state index contributed by atoms with van der Waals surface area (Å²) in [6.45, 7) is 4.21. The molecule has 0 saturated carbocycles. The Balaban J connectivity index is 1.86. The van der Waals surface area contributed by atoms with Crippen LogP contribution in [0.2, 0.25) is 0 Å². The van der Waals surface area contributed by atoms with Gasteiger partial charge in [-0.05, 0) is 30.2 Å². The Labute approximate surface area is 181 Å². The lowest BCUT2D eigenvalue weighted by Crippen LogP contribution is -2.34. The average Bonchev–Trinajstić information content (AvgIpc) is 3.23. The van der Waals surface area contributed by atoms with Gasteiger partial charge in [0.1, 0.15) is 5.00 Å². The third-order valence-electron chi connectivity index (χ3n) is 4.76. The van der Waals surface area contributed by atoms with E-state index in [9.17, 15) is 19.5 Å². The molecule has 0 aliphatic carbocycles. The summed E-state index contributed by atoms with van der Waals surface area (Å²) < 4.78 is 10.8. The predicted molar refractivity (Wildman–Crippen MR) is 106 cm³/mol. The molecular formula is C18H22N4O6S2. The van der Waals surface area contributed by atoms with Crippen molar-refractivity contribution in [1.82, 2.24) is 10.2 Å². The minimum absolute atomic E-state index is 0.0447. The number of ether oxygens (including phenoxy) is 1. The highest BCUT2D eigenvalue weighted by Crippen LogP contribution is 2.38. The summed E-state index contributed by atoms with van der Waals surface area (Å²) in [5.74, 6) is -1.54. The molecule has 3 heterocycles. The molecule has 1 aliphatic heterocycles. The van der Waals surface area contributed by atoms with E-state index in [1.54, 1.807) is 11.9 Å². The maximum absolute atomic E-state index is 12.9. The largest absolute Gasteiger partial charge is 0.538 e. The number of methoxy groups -OCH3 is 1. The molecule has 30 heavy (non-hydrogen) atoms. The molecule has 0 fully saturated rings. The van der Waals surface area contributed by atoms with Crippen LogP contribution in [0.1, 0.15) is 41.1 Å². The number of aryl methyl sites for hydroxylation is 1. The van der Waals surface area contributed by atoms with E-state index >= 15 is 0 Å². The van der Waals surface area contributed by atoms with Crippen molar-refractivity contribution in [3.8, 4) is 5.95 Å². The molecule has 1 atom stereocenters. The number of aromatic nitrogens is 2. The first kappa shape index (κ1) is 22.1. The van der Waals surface area contributed by atoms with Gasteiger partial charge in [0.15, 0.2) is 13.0 Å². The number of amides is 2. The first-order chi connectivity index (χ1) is 14.3. The number of hydrogen-bond acceptors (Lipinski definition) is 9. The lowest BCUT2D eigenvalue weighted by Gasteiger charge is -2.25. The van der Waals surface area contributed by atoms with Gasteiger partial charge in [0.25, 0.3) is 5.03 Å². The molecule has 3 rings (SSSR count). The predicted octanol–water partition coefficient (Wildman–Crippen LogP) is 0.835. The normalized spacial score (nSPS) is 14.2. The molecule has 162 valence electrons. The van der Waals surface area contributed by atoms with Crippen LogP contribution in [0.15, 0.2) is 9.55 Å². The molecule has 0 bridgehead atoms. The third-order valence-corrected chi connectivity index (χ3v) is 7.38.